The topological polar surface area (TPSA) is 73.9 Å². The van der Waals surface area contributed by atoms with E-state index in [1.54, 1.807) is 24.3 Å². The Morgan fingerprint density at radius 2 is 1.84 bits per heavy atom. The number of fused-ring (bicyclic) bond motifs is 1. The van der Waals surface area contributed by atoms with Gasteiger partial charge in [-0.2, -0.15) is 0 Å². The summed E-state index contributed by atoms with van der Waals surface area (Å²) < 4.78 is 11.2. The Labute approximate surface area is 152 Å². The van der Waals surface area contributed by atoms with E-state index in [4.69, 9.17) is 20.8 Å². The first-order valence-corrected chi connectivity index (χ1v) is 8.56. The predicted molar refractivity (Wildman–Crippen MR) is 93.7 cm³/mol. The average molecular weight is 371 g/mol. The van der Waals surface area contributed by atoms with Gasteiger partial charge in [0.2, 0.25) is 0 Å². The van der Waals surface area contributed by atoms with Crippen molar-refractivity contribution in [3.8, 4) is 5.75 Å². The standard InChI is InChI=1S/C17H11ClN4O2S/c18-11-5-7-12(8-6-11)23-9-15-21-22-17(24-15)25-16-13-3-1-2-4-14(13)19-10-20-16/h1-8,10H,9H2. The fraction of sp³-hybridized carbons (Fsp3) is 0.0588. The zero-order valence-electron chi connectivity index (χ0n) is 12.8. The maximum Gasteiger partial charge on any atom is 0.283 e. The minimum atomic E-state index is 0.180. The first-order valence-electron chi connectivity index (χ1n) is 7.36. The first-order chi connectivity index (χ1) is 12.3. The summed E-state index contributed by atoms with van der Waals surface area (Å²) in [5.41, 5.74) is 0.866. The maximum absolute atomic E-state index is 5.84. The van der Waals surface area contributed by atoms with Crippen LogP contribution in [0, 0.1) is 0 Å². The Hall–Kier alpha value is -2.64. The summed E-state index contributed by atoms with van der Waals surface area (Å²) in [4.78, 5) is 8.53. The van der Waals surface area contributed by atoms with E-state index in [1.165, 1.54) is 18.1 Å². The van der Waals surface area contributed by atoms with Gasteiger partial charge in [0.05, 0.1) is 5.52 Å². The van der Waals surface area contributed by atoms with Crippen molar-refractivity contribution in [2.75, 3.05) is 0 Å². The molecule has 0 fully saturated rings. The molecule has 2 heterocycles. The van der Waals surface area contributed by atoms with E-state index in [9.17, 15) is 0 Å². The van der Waals surface area contributed by atoms with Gasteiger partial charge in [0.25, 0.3) is 11.1 Å². The van der Waals surface area contributed by atoms with Crippen molar-refractivity contribution < 1.29 is 9.15 Å². The molecule has 0 aliphatic rings. The van der Waals surface area contributed by atoms with Gasteiger partial charge < -0.3 is 9.15 Å². The van der Waals surface area contributed by atoms with Crippen LogP contribution in [0.3, 0.4) is 0 Å². The zero-order chi connectivity index (χ0) is 17.1. The van der Waals surface area contributed by atoms with Gasteiger partial charge in [-0.3, -0.25) is 0 Å². The van der Waals surface area contributed by atoms with Gasteiger partial charge in [0, 0.05) is 10.4 Å². The van der Waals surface area contributed by atoms with Gasteiger partial charge in [-0.15, -0.1) is 10.2 Å². The lowest BCUT2D eigenvalue weighted by Crippen LogP contribution is -1.95. The molecule has 4 aromatic rings. The third-order valence-electron chi connectivity index (χ3n) is 3.31. The molecule has 0 saturated heterocycles. The highest BCUT2D eigenvalue weighted by Gasteiger charge is 2.12. The van der Waals surface area contributed by atoms with E-state index < -0.39 is 0 Å². The molecule has 0 saturated carbocycles. The van der Waals surface area contributed by atoms with Crippen molar-refractivity contribution in [3.05, 3.63) is 65.8 Å². The lowest BCUT2D eigenvalue weighted by atomic mass is 10.2. The summed E-state index contributed by atoms with van der Waals surface area (Å²) >= 11 is 7.14. The largest absolute Gasteiger partial charge is 0.484 e. The van der Waals surface area contributed by atoms with Crippen LogP contribution in [-0.2, 0) is 6.61 Å². The van der Waals surface area contributed by atoms with Gasteiger partial charge in [0.1, 0.15) is 17.1 Å². The second-order valence-corrected chi connectivity index (χ2v) is 6.38. The fourth-order valence-corrected chi connectivity index (χ4v) is 3.05. The highest BCUT2D eigenvalue weighted by molar-refractivity contribution is 7.99. The maximum atomic E-state index is 5.84. The molecule has 6 nitrogen and oxygen atoms in total. The Bertz CT molecular complexity index is 1000. The van der Waals surface area contributed by atoms with E-state index in [-0.39, 0.29) is 6.61 Å². The van der Waals surface area contributed by atoms with Crippen molar-refractivity contribution in [1.29, 1.82) is 0 Å². The smallest absolute Gasteiger partial charge is 0.283 e. The second kappa shape index (κ2) is 7.08. The summed E-state index contributed by atoms with van der Waals surface area (Å²) in [6.07, 6.45) is 1.52. The van der Waals surface area contributed by atoms with Crippen molar-refractivity contribution >= 4 is 34.3 Å². The highest BCUT2D eigenvalue weighted by Crippen LogP contribution is 2.30. The lowest BCUT2D eigenvalue weighted by Gasteiger charge is -2.02. The van der Waals surface area contributed by atoms with E-state index in [0.717, 1.165) is 15.9 Å². The molecule has 8 heteroatoms. The van der Waals surface area contributed by atoms with Crippen LogP contribution in [0.5, 0.6) is 5.75 Å². The van der Waals surface area contributed by atoms with Crippen molar-refractivity contribution in [1.82, 2.24) is 20.2 Å². The number of hydrogen-bond acceptors (Lipinski definition) is 7. The molecule has 4 rings (SSSR count). The van der Waals surface area contributed by atoms with Crippen LogP contribution >= 0.6 is 23.4 Å². The molecule has 0 spiro atoms. The Kier molecular flexibility index (Phi) is 4.49. The molecule has 0 aliphatic heterocycles. The van der Waals surface area contributed by atoms with Crippen LogP contribution in [-0.4, -0.2) is 20.2 Å². The molecular weight excluding hydrogens is 360 g/mol. The summed E-state index contributed by atoms with van der Waals surface area (Å²) in [5, 5.41) is 10.8. The van der Waals surface area contributed by atoms with Crippen molar-refractivity contribution in [2.45, 2.75) is 16.9 Å². The van der Waals surface area contributed by atoms with Gasteiger partial charge in [0.15, 0.2) is 6.61 Å². The van der Waals surface area contributed by atoms with Crippen LogP contribution in [0.1, 0.15) is 5.89 Å². The van der Waals surface area contributed by atoms with Crippen LogP contribution in [0.2, 0.25) is 5.02 Å². The van der Waals surface area contributed by atoms with Gasteiger partial charge in [-0.25, -0.2) is 9.97 Å². The number of hydrogen-bond donors (Lipinski definition) is 0. The summed E-state index contributed by atoms with van der Waals surface area (Å²) in [7, 11) is 0. The number of halogens is 1. The third kappa shape index (κ3) is 3.72. The van der Waals surface area contributed by atoms with Crippen molar-refractivity contribution in [2.24, 2.45) is 0 Å². The zero-order valence-corrected chi connectivity index (χ0v) is 14.4. The van der Waals surface area contributed by atoms with E-state index in [0.29, 0.717) is 21.9 Å². The SMILES string of the molecule is Clc1ccc(OCc2nnc(Sc3ncnc4ccccc34)o2)cc1. The number of ether oxygens (including phenoxy) is 1. The number of rotatable bonds is 5. The molecule has 0 radical (unpaired) electrons. The monoisotopic (exact) mass is 370 g/mol. The Morgan fingerprint density at radius 3 is 2.72 bits per heavy atom. The summed E-state index contributed by atoms with van der Waals surface area (Å²) in [6.45, 7) is 0.180. The van der Waals surface area contributed by atoms with Crippen LogP contribution in [0.4, 0.5) is 0 Å². The van der Waals surface area contributed by atoms with Gasteiger partial charge >= 0.3 is 0 Å². The van der Waals surface area contributed by atoms with E-state index in [1.807, 2.05) is 24.3 Å². The molecule has 0 bridgehead atoms. The Balaban J connectivity index is 1.46. The predicted octanol–water partition coefficient (Wildman–Crippen LogP) is 4.40. The molecule has 0 atom stereocenters. The number of benzene rings is 2. The van der Waals surface area contributed by atoms with Crippen LogP contribution in [0.15, 0.2) is 69.5 Å². The van der Waals surface area contributed by atoms with Crippen LogP contribution < -0.4 is 4.74 Å². The summed E-state index contributed by atoms with van der Waals surface area (Å²) in [6, 6.07) is 14.8. The number of nitrogens with zero attached hydrogens (tertiary/aromatic N) is 4. The quantitative estimate of drug-likeness (QED) is 0.482. The highest BCUT2D eigenvalue weighted by atomic mass is 35.5. The molecule has 124 valence electrons. The first kappa shape index (κ1) is 15.9. The third-order valence-corrected chi connectivity index (χ3v) is 4.42. The number of para-hydroxylation sites is 1. The Morgan fingerprint density at radius 1 is 1.00 bits per heavy atom. The second-order valence-electron chi connectivity index (χ2n) is 5.00. The van der Waals surface area contributed by atoms with Crippen LogP contribution in [0.25, 0.3) is 10.9 Å². The molecule has 0 unspecified atom stereocenters. The normalized spacial score (nSPS) is 10.9. The molecule has 0 aliphatic carbocycles. The average Bonchev–Trinajstić information content (AvgIpc) is 3.09. The summed E-state index contributed by atoms with van der Waals surface area (Å²) in [5.74, 6) is 1.06. The fourth-order valence-electron chi connectivity index (χ4n) is 2.16. The molecule has 0 N–H and O–H groups in total. The lowest BCUT2D eigenvalue weighted by molar-refractivity contribution is 0.252. The minimum Gasteiger partial charge on any atom is -0.484 e. The molecular formula is C17H11ClN4O2S. The molecule has 2 aromatic heterocycles. The minimum absolute atomic E-state index is 0.180. The van der Waals surface area contributed by atoms with E-state index in [2.05, 4.69) is 20.2 Å². The number of aromatic nitrogens is 4. The molecule has 25 heavy (non-hydrogen) atoms. The van der Waals surface area contributed by atoms with E-state index >= 15 is 0 Å². The molecule has 2 aromatic carbocycles. The molecule has 0 amide bonds. The van der Waals surface area contributed by atoms with Crippen molar-refractivity contribution in [3.63, 3.8) is 0 Å². The van der Waals surface area contributed by atoms with Gasteiger partial charge in [-0.05, 0) is 42.1 Å². The van der Waals surface area contributed by atoms with Gasteiger partial charge in [-0.1, -0.05) is 29.8 Å².